The quantitative estimate of drug-likeness (QED) is 0.831. The summed E-state index contributed by atoms with van der Waals surface area (Å²) in [4.78, 5) is 7.32. The second kappa shape index (κ2) is 6.14. The fourth-order valence-corrected chi connectivity index (χ4v) is 2.41. The van der Waals surface area contributed by atoms with Crippen molar-refractivity contribution in [1.82, 2.24) is 4.98 Å². The van der Waals surface area contributed by atoms with E-state index in [1.165, 1.54) is 0 Å². The molecular weight excluding hydrogens is 242 g/mol. The van der Waals surface area contributed by atoms with E-state index in [1.54, 1.807) is 0 Å². The van der Waals surface area contributed by atoms with E-state index < -0.39 is 0 Å². The number of hydrogen-bond acceptors (Lipinski definition) is 3. The van der Waals surface area contributed by atoms with Gasteiger partial charge in [0.1, 0.15) is 10.8 Å². The molecule has 0 aliphatic heterocycles. The molecule has 0 unspecified atom stereocenters. The molecule has 0 spiro atoms. The molecule has 1 rings (SSSR count). The second-order valence-electron chi connectivity index (χ2n) is 5.08. The van der Waals surface area contributed by atoms with Gasteiger partial charge >= 0.3 is 0 Å². The molecule has 18 heavy (non-hydrogen) atoms. The number of nitrogens with two attached hydrogens (primary N) is 1. The first kappa shape index (κ1) is 14.9. The van der Waals surface area contributed by atoms with E-state index in [2.05, 4.69) is 30.7 Å². The fraction of sp³-hybridized carbons (Fsp3) is 0.571. The molecule has 1 heterocycles. The lowest BCUT2D eigenvalue weighted by Gasteiger charge is -2.27. The van der Waals surface area contributed by atoms with Gasteiger partial charge in [0.15, 0.2) is 0 Å². The molecule has 0 saturated carbocycles. The Kier molecular flexibility index (Phi) is 5.08. The summed E-state index contributed by atoms with van der Waals surface area (Å²) in [7, 11) is 0. The molecule has 0 aliphatic carbocycles. The fourth-order valence-electron chi connectivity index (χ4n) is 2.16. The summed E-state index contributed by atoms with van der Waals surface area (Å²) in [6.45, 7) is 12.4. The van der Waals surface area contributed by atoms with E-state index in [9.17, 15) is 0 Å². The minimum absolute atomic E-state index is 0.428. The van der Waals surface area contributed by atoms with Gasteiger partial charge in [-0.3, -0.25) is 0 Å². The molecule has 4 heteroatoms. The molecule has 0 aromatic carbocycles. The summed E-state index contributed by atoms with van der Waals surface area (Å²) < 4.78 is 0. The summed E-state index contributed by atoms with van der Waals surface area (Å²) in [6, 6.07) is 2.03. The number of nitrogens with zero attached hydrogens (tertiary/aromatic N) is 2. The van der Waals surface area contributed by atoms with Gasteiger partial charge in [-0.2, -0.15) is 0 Å². The largest absolute Gasteiger partial charge is 0.389 e. The van der Waals surface area contributed by atoms with Gasteiger partial charge in [0.2, 0.25) is 0 Å². The smallest absolute Gasteiger partial charge is 0.139 e. The van der Waals surface area contributed by atoms with Crippen molar-refractivity contribution in [2.45, 2.75) is 34.6 Å². The Labute approximate surface area is 115 Å². The highest BCUT2D eigenvalue weighted by Crippen LogP contribution is 2.23. The van der Waals surface area contributed by atoms with Crippen LogP contribution in [-0.4, -0.2) is 23.1 Å². The lowest BCUT2D eigenvalue weighted by atomic mass is 10.1. The van der Waals surface area contributed by atoms with Crippen molar-refractivity contribution < 1.29 is 0 Å². The van der Waals surface area contributed by atoms with Gasteiger partial charge < -0.3 is 10.6 Å². The Balaban J connectivity index is 3.31. The van der Waals surface area contributed by atoms with Crippen molar-refractivity contribution in [2.24, 2.45) is 11.7 Å². The summed E-state index contributed by atoms with van der Waals surface area (Å²) in [5.74, 6) is 1.50. The van der Waals surface area contributed by atoms with Crippen LogP contribution in [0, 0.1) is 19.8 Å². The molecule has 1 aromatic rings. The van der Waals surface area contributed by atoms with Crippen LogP contribution < -0.4 is 10.6 Å². The van der Waals surface area contributed by atoms with E-state index in [-0.39, 0.29) is 0 Å². The van der Waals surface area contributed by atoms with E-state index in [1.807, 2.05) is 19.9 Å². The van der Waals surface area contributed by atoms with Crippen LogP contribution in [0.3, 0.4) is 0 Å². The SMILES string of the molecule is CCN(CC(C)C)c1nc(C)cc(C)c1C(N)=S. The van der Waals surface area contributed by atoms with Gasteiger partial charge in [-0.15, -0.1) is 0 Å². The molecule has 1 aromatic heterocycles. The maximum atomic E-state index is 5.85. The van der Waals surface area contributed by atoms with Crippen LogP contribution in [0.15, 0.2) is 6.07 Å². The Morgan fingerprint density at radius 2 is 2.06 bits per heavy atom. The third-order valence-corrected chi connectivity index (χ3v) is 3.04. The van der Waals surface area contributed by atoms with Gasteiger partial charge in [0.25, 0.3) is 0 Å². The molecule has 100 valence electrons. The average molecular weight is 265 g/mol. The Morgan fingerprint density at radius 3 is 2.50 bits per heavy atom. The Morgan fingerprint density at radius 1 is 1.44 bits per heavy atom. The summed E-state index contributed by atoms with van der Waals surface area (Å²) in [5, 5.41) is 0. The number of rotatable bonds is 5. The molecule has 0 saturated heterocycles. The number of hydrogen-bond donors (Lipinski definition) is 1. The minimum Gasteiger partial charge on any atom is -0.389 e. The van der Waals surface area contributed by atoms with Crippen molar-refractivity contribution in [3.8, 4) is 0 Å². The first-order valence-corrected chi connectivity index (χ1v) is 6.80. The zero-order valence-electron chi connectivity index (χ0n) is 11.9. The summed E-state index contributed by atoms with van der Waals surface area (Å²) >= 11 is 5.17. The molecule has 0 bridgehead atoms. The first-order valence-electron chi connectivity index (χ1n) is 6.39. The van der Waals surface area contributed by atoms with E-state index in [4.69, 9.17) is 18.0 Å². The zero-order valence-corrected chi connectivity index (χ0v) is 12.8. The number of thiocarbonyl (C=S) groups is 1. The molecule has 0 fully saturated rings. The van der Waals surface area contributed by atoms with Gasteiger partial charge in [-0.05, 0) is 38.3 Å². The third-order valence-electron chi connectivity index (χ3n) is 2.84. The number of aromatic nitrogens is 1. The molecular formula is C14H23N3S. The lowest BCUT2D eigenvalue weighted by Crippen LogP contribution is -2.31. The summed E-state index contributed by atoms with van der Waals surface area (Å²) in [6.07, 6.45) is 0. The minimum atomic E-state index is 0.428. The average Bonchev–Trinajstić information content (AvgIpc) is 2.23. The van der Waals surface area contributed by atoms with Crippen molar-refractivity contribution in [3.05, 3.63) is 22.9 Å². The molecule has 0 amide bonds. The maximum Gasteiger partial charge on any atom is 0.139 e. The van der Waals surface area contributed by atoms with Crippen LogP contribution in [0.5, 0.6) is 0 Å². The van der Waals surface area contributed by atoms with Crippen molar-refractivity contribution >= 4 is 23.0 Å². The molecule has 2 N–H and O–H groups in total. The predicted molar refractivity (Wildman–Crippen MR) is 82.3 cm³/mol. The van der Waals surface area contributed by atoms with E-state index in [0.717, 1.165) is 35.7 Å². The highest BCUT2D eigenvalue weighted by atomic mass is 32.1. The normalized spacial score (nSPS) is 10.8. The lowest BCUT2D eigenvalue weighted by molar-refractivity contribution is 0.613. The van der Waals surface area contributed by atoms with Crippen LogP contribution in [0.25, 0.3) is 0 Å². The molecule has 3 nitrogen and oxygen atoms in total. The van der Waals surface area contributed by atoms with Crippen molar-refractivity contribution in [3.63, 3.8) is 0 Å². The van der Waals surface area contributed by atoms with Gasteiger partial charge in [0, 0.05) is 18.8 Å². The van der Waals surface area contributed by atoms with E-state index in [0.29, 0.717) is 10.9 Å². The van der Waals surface area contributed by atoms with E-state index >= 15 is 0 Å². The van der Waals surface area contributed by atoms with Gasteiger partial charge in [0.05, 0.1) is 5.56 Å². The highest BCUT2D eigenvalue weighted by molar-refractivity contribution is 7.80. The Bertz CT molecular complexity index is 441. The van der Waals surface area contributed by atoms with Crippen LogP contribution in [-0.2, 0) is 0 Å². The standard InChI is InChI=1S/C14H23N3S/c1-6-17(8-9(2)3)14-12(13(15)18)10(4)7-11(5)16-14/h7,9H,6,8H2,1-5H3,(H2,15,18). The number of pyridine rings is 1. The van der Waals surface area contributed by atoms with Crippen molar-refractivity contribution in [2.75, 3.05) is 18.0 Å². The Hall–Kier alpha value is -1.16. The highest BCUT2D eigenvalue weighted by Gasteiger charge is 2.17. The van der Waals surface area contributed by atoms with Gasteiger partial charge in [-0.25, -0.2) is 4.98 Å². The predicted octanol–water partition coefficient (Wildman–Crippen LogP) is 2.81. The number of anilines is 1. The molecule has 0 aliphatic rings. The van der Waals surface area contributed by atoms with Crippen LogP contribution in [0.4, 0.5) is 5.82 Å². The van der Waals surface area contributed by atoms with Crippen LogP contribution >= 0.6 is 12.2 Å². The van der Waals surface area contributed by atoms with Gasteiger partial charge in [-0.1, -0.05) is 26.1 Å². The topological polar surface area (TPSA) is 42.2 Å². The second-order valence-corrected chi connectivity index (χ2v) is 5.52. The molecule has 0 radical (unpaired) electrons. The maximum absolute atomic E-state index is 5.85. The zero-order chi connectivity index (χ0) is 13.9. The van der Waals surface area contributed by atoms with Crippen molar-refractivity contribution in [1.29, 1.82) is 0 Å². The monoisotopic (exact) mass is 265 g/mol. The summed E-state index contributed by atoms with van der Waals surface area (Å²) in [5.41, 5.74) is 8.88. The van der Waals surface area contributed by atoms with Crippen LogP contribution in [0.2, 0.25) is 0 Å². The first-order chi connectivity index (χ1) is 8.36. The molecule has 0 atom stereocenters. The number of aryl methyl sites for hydroxylation is 2. The third kappa shape index (κ3) is 3.42. The van der Waals surface area contributed by atoms with Crippen LogP contribution in [0.1, 0.15) is 37.6 Å².